The Morgan fingerprint density at radius 3 is 2.73 bits per heavy atom. The number of benzene rings is 1. The molecular formula is C11H9F2NO. The molecule has 0 unspecified atom stereocenters. The Morgan fingerprint density at radius 1 is 1.33 bits per heavy atom. The maximum atomic E-state index is 13.4. The summed E-state index contributed by atoms with van der Waals surface area (Å²) in [5.41, 5.74) is 6.47. The van der Waals surface area contributed by atoms with Gasteiger partial charge < -0.3 is 5.73 Å². The topological polar surface area (TPSA) is 43.1 Å². The fourth-order valence-electron chi connectivity index (χ4n) is 1.89. The molecule has 0 bridgehead atoms. The van der Waals surface area contributed by atoms with Crippen molar-refractivity contribution in [3.63, 3.8) is 0 Å². The number of carbonyl (C=O) groups is 1. The van der Waals surface area contributed by atoms with Gasteiger partial charge in [-0.1, -0.05) is 0 Å². The van der Waals surface area contributed by atoms with Gasteiger partial charge in [0.15, 0.2) is 0 Å². The van der Waals surface area contributed by atoms with Crippen molar-refractivity contribution in [1.82, 2.24) is 0 Å². The maximum absolute atomic E-state index is 13.4. The van der Waals surface area contributed by atoms with Crippen molar-refractivity contribution < 1.29 is 13.6 Å². The fourth-order valence-corrected chi connectivity index (χ4v) is 1.89. The van der Waals surface area contributed by atoms with E-state index >= 15 is 0 Å². The third kappa shape index (κ3) is 1.75. The zero-order valence-electron chi connectivity index (χ0n) is 7.89. The van der Waals surface area contributed by atoms with E-state index in [0.29, 0.717) is 29.5 Å². The van der Waals surface area contributed by atoms with Crippen LogP contribution in [0.4, 0.5) is 8.78 Å². The van der Waals surface area contributed by atoms with E-state index in [1.165, 1.54) is 12.1 Å². The molecule has 15 heavy (non-hydrogen) atoms. The third-order valence-electron chi connectivity index (χ3n) is 2.44. The van der Waals surface area contributed by atoms with Crippen LogP contribution < -0.4 is 5.73 Å². The second-order valence-corrected chi connectivity index (χ2v) is 3.49. The molecule has 1 aliphatic carbocycles. The van der Waals surface area contributed by atoms with Gasteiger partial charge >= 0.3 is 0 Å². The number of amides is 1. The smallest absolute Gasteiger partial charge is 0.241 e. The van der Waals surface area contributed by atoms with Crippen molar-refractivity contribution in [2.75, 3.05) is 0 Å². The van der Waals surface area contributed by atoms with Crippen LogP contribution in [0.5, 0.6) is 0 Å². The largest absolute Gasteiger partial charge is 0.366 e. The summed E-state index contributed by atoms with van der Waals surface area (Å²) in [5.74, 6) is -1.83. The van der Waals surface area contributed by atoms with Crippen LogP contribution in [0.25, 0.3) is 5.57 Å². The Kier molecular flexibility index (Phi) is 2.26. The van der Waals surface area contributed by atoms with Crippen molar-refractivity contribution in [2.24, 2.45) is 5.73 Å². The van der Waals surface area contributed by atoms with Crippen molar-refractivity contribution in [3.05, 3.63) is 41.0 Å². The first-order valence-electron chi connectivity index (χ1n) is 4.56. The van der Waals surface area contributed by atoms with Crippen molar-refractivity contribution in [3.8, 4) is 0 Å². The van der Waals surface area contributed by atoms with Crippen molar-refractivity contribution >= 4 is 11.5 Å². The minimum absolute atomic E-state index is 0.329. The van der Waals surface area contributed by atoms with Crippen LogP contribution in [0.3, 0.4) is 0 Å². The van der Waals surface area contributed by atoms with E-state index in [4.69, 9.17) is 5.73 Å². The van der Waals surface area contributed by atoms with Gasteiger partial charge in [0, 0.05) is 17.7 Å². The summed E-state index contributed by atoms with van der Waals surface area (Å²) in [7, 11) is 0. The van der Waals surface area contributed by atoms with E-state index in [9.17, 15) is 13.6 Å². The Bertz CT molecular complexity index is 466. The molecule has 78 valence electrons. The SMILES string of the molecule is NC(=O)/C=C1\CCc2cc(F)cc(F)c21. The van der Waals surface area contributed by atoms with Gasteiger partial charge in [-0.05, 0) is 30.0 Å². The van der Waals surface area contributed by atoms with Crippen LogP contribution in [-0.2, 0) is 11.2 Å². The van der Waals surface area contributed by atoms with Crippen LogP contribution in [0.1, 0.15) is 17.5 Å². The van der Waals surface area contributed by atoms with Gasteiger partial charge in [0.25, 0.3) is 0 Å². The lowest BCUT2D eigenvalue weighted by Gasteiger charge is -2.02. The molecule has 0 aromatic heterocycles. The number of primary amides is 1. The molecule has 0 heterocycles. The number of hydrogen-bond acceptors (Lipinski definition) is 1. The molecule has 0 saturated carbocycles. The van der Waals surface area contributed by atoms with E-state index in [-0.39, 0.29) is 0 Å². The number of halogens is 2. The molecule has 0 spiro atoms. The van der Waals surface area contributed by atoms with Crippen LogP contribution >= 0.6 is 0 Å². The van der Waals surface area contributed by atoms with E-state index in [1.807, 2.05) is 0 Å². The Labute approximate surface area is 85.4 Å². The molecule has 1 amide bonds. The third-order valence-corrected chi connectivity index (χ3v) is 2.44. The first-order chi connectivity index (χ1) is 7.08. The summed E-state index contributed by atoms with van der Waals surface area (Å²) in [4.78, 5) is 10.7. The maximum Gasteiger partial charge on any atom is 0.241 e. The van der Waals surface area contributed by atoms with Gasteiger partial charge in [-0.25, -0.2) is 8.78 Å². The number of rotatable bonds is 1. The lowest BCUT2D eigenvalue weighted by Crippen LogP contribution is -2.06. The van der Waals surface area contributed by atoms with Gasteiger partial charge in [0.1, 0.15) is 11.6 Å². The molecule has 0 saturated heterocycles. The number of carbonyl (C=O) groups excluding carboxylic acids is 1. The zero-order chi connectivity index (χ0) is 11.0. The van der Waals surface area contributed by atoms with Crippen LogP contribution in [-0.4, -0.2) is 5.91 Å². The molecule has 2 N–H and O–H groups in total. The zero-order valence-corrected chi connectivity index (χ0v) is 7.89. The molecule has 0 radical (unpaired) electrons. The molecule has 0 aliphatic heterocycles. The Hall–Kier alpha value is -1.71. The Balaban J connectivity index is 2.56. The van der Waals surface area contributed by atoms with E-state index in [1.54, 1.807) is 0 Å². The summed E-state index contributed by atoms with van der Waals surface area (Å²) < 4.78 is 26.3. The second-order valence-electron chi connectivity index (χ2n) is 3.49. The molecule has 2 nitrogen and oxygen atoms in total. The molecule has 1 aliphatic rings. The number of fused-ring (bicyclic) bond motifs is 1. The minimum atomic E-state index is -0.630. The summed E-state index contributed by atoms with van der Waals surface area (Å²) in [6.07, 6.45) is 2.27. The summed E-state index contributed by atoms with van der Waals surface area (Å²) in [5, 5.41) is 0. The highest BCUT2D eigenvalue weighted by Crippen LogP contribution is 2.34. The average Bonchev–Trinajstić information content (AvgIpc) is 2.46. The van der Waals surface area contributed by atoms with Crippen LogP contribution in [0.2, 0.25) is 0 Å². The summed E-state index contributed by atoms with van der Waals surface area (Å²) >= 11 is 0. The molecule has 4 heteroatoms. The predicted octanol–water partition coefficient (Wildman–Crippen LogP) is 1.78. The van der Waals surface area contributed by atoms with Gasteiger partial charge in [0.05, 0.1) is 0 Å². The minimum Gasteiger partial charge on any atom is -0.366 e. The number of aryl methyl sites for hydroxylation is 1. The molecule has 1 aromatic carbocycles. The molecule has 0 atom stereocenters. The first kappa shape index (κ1) is 9.83. The van der Waals surface area contributed by atoms with E-state index in [0.717, 1.165) is 6.07 Å². The van der Waals surface area contributed by atoms with E-state index in [2.05, 4.69) is 0 Å². The lowest BCUT2D eigenvalue weighted by atomic mass is 10.1. The van der Waals surface area contributed by atoms with Crippen molar-refractivity contribution in [1.29, 1.82) is 0 Å². The molecule has 2 rings (SSSR count). The quantitative estimate of drug-likeness (QED) is 0.704. The summed E-state index contributed by atoms with van der Waals surface area (Å²) in [6, 6.07) is 2.11. The number of nitrogens with two attached hydrogens (primary N) is 1. The molecule has 1 aromatic rings. The van der Waals surface area contributed by atoms with Crippen LogP contribution in [0, 0.1) is 11.6 Å². The standard InChI is InChI=1S/C11H9F2NO/c12-8-3-6-1-2-7(4-10(14)15)11(6)9(13)5-8/h3-5H,1-2H2,(H2,14,15)/b7-4+. The molecular weight excluding hydrogens is 200 g/mol. The predicted molar refractivity (Wildman–Crippen MR) is 51.9 cm³/mol. The van der Waals surface area contributed by atoms with Gasteiger partial charge in [-0.15, -0.1) is 0 Å². The van der Waals surface area contributed by atoms with Gasteiger partial charge in [0.2, 0.25) is 5.91 Å². The summed E-state index contributed by atoms with van der Waals surface area (Å²) in [6.45, 7) is 0. The monoisotopic (exact) mass is 209 g/mol. The van der Waals surface area contributed by atoms with Crippen LogP contribution in [0.15, 0.2) is 18.2 Å². The highest BCUT2D eigenvalue weighted by atomic mass is 19.1. The second kappa shape index (κ2) is 3.46. The number of allylic oxidation sites excluding steroid dienone is 1. The highest BCUT2D eigenvalue weighted by Gasteiger charge is 2.21. The number of hydrogen-bond donors (Lipinski definition) is 1. The average molecular weight is 209 g/mol. The first-order valence-corrected chi connectivity index (χ1v) is 4.56. The fraction of sp³-hybridized carbons (Fsp3) is 0.182. The van der Waals surface area contributed by atoms with Gasteiger partial charge in [-0.2, -0.15) is 0 Å². The Morgan fingerprint density at radius 2 is 2.07 bits per heavy atom. The normalized spacial score (nSPS) is 16.8. The highest BCUT2D eigenvalue weighted by molar-refractivity contribution is 5.95. The van der Waals surface area contributed by atoms with E-state index < -0.39 is 17.5 Å². The lowest BCUT2D eigenvalue weighted by molar-refractivity contribution is -0.113. The molecule has 0 fully saturated rings. The van der Waals surface area contributed by atoms with Crippen molar-refractivity contribution in [2.45, 2.75) is 12.8 Å². The van der Waals surface area contributed by atoms with Gasteiger partial charge in [-0.3, -0.25) is 4.79 Å².